The fraction of sp³-hybridized carbons (Fsp3) is 0.304. The first-order valence-electron chi connectivity index (χ1n) is 10.6. The summed E-state index contributed by atoms with van der Waals surface area (Å²) in [6, 6.07) is 11.8. The van der Waals surface area contributed by atoms with Gasteiger partial charge in [-0.25, -0.2) is 14.2 Å². The third-order valence-electron chi connectivity index (χ3n) is 4.93. The molecule has 0 spiro atoms. The summed E-state index contributed by atoms with van der Waals surface area (Å²) in [5.41, 5.74) is -0.336. The summed E-state index contributed by atoms with van der Waals surface area (Å²) in [4.78, 5) is 41.2. The normalized spacial score (nSPS) is 11.8. The van der Waals surface area contributed by atoms with Gasteiger partial charge in [0.2, 0.25) is 5.95 Å². The molecule has 0 saturated heterocycles. The summed E-state index contributed by atoms with van der Waals surface area (Å²) in [6.45, 7) is 3.67. The zero-order valence-corrected chi connectivity index (χ0v) is 20.1. The topological polar surface area (TPSA) is 115 Å². The first-order valence-corrected chi connectivity index (χ1v) is 11.3. The standard InChI is InChI=1S/C23H24Cl2N4O5/c1-3-10-34-19-9-8-17(11-18(19)25)26-21-27-22(32)29(12-14(2)20(30)31)23(33)28(21)13-15-4-6-16(24)7-5-15/h4-9,11,14H,3,10,12-13H2,1-2H3,(H,30,31)(H,26,27,32)/t14-/m0/s1. The van der Waals surface area contributed by atoms with Crippen molar-refractivity contribution in [3.05, 3.63) is 79.0 Å². The molecule has 0 fully saturated rings. The fourth-order valence-corrected chi connectivity index (χ4v) is 3.45. The number of anilines is 2. The number of carbonyl (C=O) groups is 1. The van der Waals surface area contributed by atoms with Crippen molar-refractivity contribution in [3.63, 3.8) is 0 Å². The Kier molecular flexibility index (Phi) is 8.36. The second-order valence-corrected chi connectivity index (χ2v) is 8.53. The van der Waals surface area contributed by atoms with Gasteiger partial charge in [0, 0.05) is 17.3 Å². The minimum atomic E-state index is -1.13. The summed E-state index contributed by atoms with van der Waals surface area (Å²) in [7, 11) is 0. The predicted molar refractivity (Wildman–Crippen MR) is 131 cm³/mol. The monoisotopic (exact) mass is 506 g/mol. The van der Waals surface area contributed by atoms with E-state index in [-0.39, 0.29) is 19.0 Å². The van der Waals surface area contributed by atoms with Gasteiger partial charge < -0.3 is 15.2 Å². The van der Waals surface area contributed by atoms with Crippen LogP contribution in [0.3, 0.4) is 0 Å². The van der Waals surface area contributed by atoms with Gasteiger partial charge in [0.25, 0.3) is 0 Å². The number of nitrogens with one attached hydrogen (secondary N) is 1. The first kappa shape index (κ1) is 25.3. The molecule has 34 heavy (non-hydrogen) atoms. The van der Waals surface area contributed by atoms with Gasteiger partial charge in [-0.05, 0) is 42.3 Å². The number of hydrogen-bond acceptors (Lipinski definition) is 6. The molecule has 0 aliphatic carbocycles. The number of hydrogen-bond donors (Lipinski definition) is 2. The number of aliphatic carboxylic acids is 1. The average Bonchev–Trinajstić information content (AvgIpc) is 2.79. The summed E-state index contributed by atoms with van der Waals surface area (Å²) >= 11 is 12.3. The Bertz CT molecular complexity index is 1290. The van der Waals surface area contributed by atoms with Crippen molar-refractivity contribution in [1.82, 2.24) is 14.1 Å². The molecule has 0 aliphatic rings. The molecule has 11 heteroatoms. The van der Waals surface area contributed by atoms with E-state index in [2.05, 4.69) is 10.3 Å². The molecule has 1 atom stereocenters. The van der Waals surface area contributed by atoms with Gasteiger partial charge in [-0.2, -0.15) is 4.98 Å². The second-order valence-electron chi connectivity index (χ2n) is 7.68. The molecule has 0 unspecified atom stereocenters. The van der Waals surface area contributed by atoms with Crippen molar-refractivity contribution in [3.8, 4) is 5.75 Å². The molecule has 2 N–H and O–H groups in total. The van der Waals surface area contributed by atoms with Crippen molar-refractivity contribution >= 4 is 40.8 Å². The number of aromatic nitrogens is 3. The largest absolute Gasteiger partial charge is 0.492 e. The van der Waals surface area contributed by atoms with E-state index in [9.17, 15) is 19.5 Å². The third kappa shape index (κ3) is 6.18. The molecule has 0 bridgehead atoms. The Labute approximate surface area is 205 Å². The lowest BCUT2D eigenvalue weighted by Crippen LogP contribution is -2.44. The lowest BCUT2D eigenvalue weighted by molar-refractivity contribution is -0.141. The van der Waals surface area contributed by atoms with Crippen LogP contribution in [0.15, 0.2) is 52.1 Å². The average molecular weight is 507 g/mol. The van der Waals surface area contributed by atoms with Crippen LogP contribution >= 0.6 is 23.2 Å². The minimum absolute atomic E-state index is 0.0116. The van der Waals surface area contributed by atoms with Gasteiger partial charge in [-0.3, -0.25) is 9.36 Å². The molecule has 3 aromatic rings. The lowest BCUT2D eigenvalue weighted by Gasteiger charge is -2.17. The fourth-order valence-electron chi connectivity index (χ4n) is 3.08. The smallest absolute Gasteiger partial charge is 0.354 e. The van der Waals surface area contributed by atoms with Gasteiger partial charge in [-0.15, -0.1) is 0 Å². The van der Waals surface area contributed by atoms with E-state index in [0.29, 0.717) is 28.1 Å². The quantitative estimate of drug-likeness (QED) is 0.426. The van der Waals surface area contributed by atoms with E-state index in [1.807, 2.05) is 6.92 Å². The number of benzene rings is 2. The number of carboxylic acid groups (broad SMARTS) is 1. The molecule has 0 radical (unpaired) electrons. The summed E-state index contributed by atoms with van der Waals surface area (Å²) in [6.07, 6.45) is 0.827. The number of halogens is 2. The van der Waals surface area contributed by atoms with Crippen LogP contribution in [-0.2, 0) is 17.9 Å². The second kappa shape index (κ2) is 11.2. The van der Waals surface area contributed by atoms with Crippen LogP contribution in [0.4, 0.5) is 11.6 Å². The highest BCUT2D eigenvalue weighted by Crippen LogP contribution is 2.29. The highest BCUT2D eigenvalue weighted by Gasteiger charge is 2.19. The van der Waals surface area contributed by atoms with Crippen molar-refractivity contribution in [2.75, 3.05) is 11.9 Å². The van der Waals surface area contributed by atoms with Crippen LogP contribution in [0.25, 0.3) is 0 Å². The highest BCUT2D eigenvalue weighted by molar-refractivity contribution is 6.32. The summed E-state index contributed by atoms with van der Waals surface area (Å²) in [5, 5.41) is 13.1. The van der Waals surface area contributed by atoms with E-state index in [1.165, 1.54) is 11.5 Å². The first-order chi connectivity index (χ1) is 16.2. The highest BCUT2D eigenvalue weighted by atomic mass is 35.5. The Morgan fingerprint density at radius 1 is 1.15 bits per heavy atom. The maximum absolute atomic E-state index is 13.3. The van der Waals surface area contributed by atoms with E-state index in [0.717, 1.165) is 16.6 Å². The Balaban J connectivity index is 2.03. The van der Waals surface area contributed by atoms with Gasteiger partial charge >= 0.3 is 17.3 Å². The molecule has 0 saturated carbocycles. The number of ether oxygens (including phenoxy) is 1. The minimum Gasteiger partial charge on any atom is -0.492 e. The molecular weight excluding hydrogens is 483 g/mol. The van der Waals surface area contributed by atoms with Crippen LogP contribution in [0.5, 0.6) is 5.75 Å². The van der Waals surface area contributed by atoms with E-state index in [4.69, 9.17) is 27.9 Å². The van der Waals surface area contributed by atoms with E-state index in [1.54, 1.807) is 42.5 Å². The molecule has 180 valence electrons. The van der Waals surface area contributed by atoms with Crippen molar-refractivity contribution < 1.29 is 14.6 Å². The van der Waals surface area contributed by atoms with Crippen molar-refractivity contribution in [1.29, 1.82) is 0 Å². The Morgan fingerprint density at radius 3 is 2.47 bits per heavy atom. The van der Waals surface area contributed by atoms with Crippen LogP contribution in [0.2, 0.25) is 10.0 Å². The number of rotatable bonds is 10. The summed E-state index contributed by atoms with van der Waals surface area (Å²) in [5.74, 6) is -1.58. The number of nitrogens with zero attached hydrogens (tertiary/aromatic N) is 3. The number of carboxylic acids is 1. The van der Waals surface area contributed by atoms with Crippen LogP contribution in [0, 0.1) is 5.92 Å². The molecular formula is C23H24Cl2N4O5. The maximum Gasteiger partial charge on any atom is 0.354 e. The molecule has 0 aliphatic heterocycles. The van der Waals surface area contributed by atoms with Gasteiger partial charge in [-0.1, -0.05) is 49.2 Å². The molecule has 1 aromatic heterocycles. The van der Waals surface area contributed by atoms with Gasteiger partial charge in [0.05, 0.1) is 24.1 Å². The Hall–Kier alpha value is -3.30. The molecule has 9 nitrogen and oxygen atoms in total. The molecule has 0 amide bonds. The van der Waals surface area contributed by atoms with Crippen molar-refractivity contribution in [2.45, 2.75) is 33.4 Å². The van der Waals surface area contributed by atoms with Crippen molar-refractivity contribution in [2.24, 2.45) is 5.92 Å². The molecule has 3 rings (SSSR count). The molecule has 1 heterocycles. The zero-order chi connectivity index (χ0) is 24.8. The van der Waals surface area contributed by atoms with E-state index >= 15 is 0 Å². The van der Waals surface area contributed by atoms with Gasteiger partial charge in [0.1, 0.15) is 5.75 Å². The Morgan fingerprint density at radius 2 is 1.85 bits per heavy atom. The molecule has 2 aromatic carbocycles. The van der Waals surface area contributed by atoms with E-state index < -0.39 is 23.3 Å². The zero-order valence-electron chi connectivity index (χ0n) is 18.6. The lowest BCUT2D eigenvalue weighted by atomic mass is 10.2. The summed E-state index contributed by atoms with van der Waals surface area (Å²) < 4.78 is 7.64. The maximum atomic E-state index is 13.3. The van der Waals surface area contributed by atoms with Crippen LogP contribution in [0.1, 0.15) is 25.8 Å². The van der Waals surface area contributed by atoms with Crippen LogP contribution < -0.4 is 21.4 Å². The van der Waals surface area contributed by atoms with Gasteiger partial charge in [0.15, 0.2) is 0 Å². The third-order valence-corrected chi connectivity index (χ3v) is 5.48. The van der Waals surface area contributed by atoms with Crippen LogP contribution in [-0.4, -0.2) is 31.8 Å². The predicted octanol–water partition coefficient (Wildman–Crippen LogP) is 4.01. The SMILES string of the molecule is CCCOc1ccc(Nc2nc(=O)n(C[C@H](C)C(=O)O)c(=O)n2Cc2ccc(Cl)cc2)cc1Cl.